The van der Waals surface area contributed by atoms with E-state index in [1.165, 1.54) is 18.2 Å². The van der Waals surface area contributed by atoms with Crippen LogP contribution in [0.25, 0.3) is 0 Å². The van der Waals surface area contributed by atoms with Crippen molar-refractivity contribution < 1.29 is 82.1 Å². The van der Waals surface area contributed by atoms with Crippen LogP contribution in [0.15, 0.2) is 103 Å². The molecule has 0 radical (unpaired) electrons. The Kier molecular flexibility index (Phi) is 19.4. The molecule has 20 nitrogen and oxygen atoms in total. The van der Waals surface area contributed by atoms with Gasteiger partial charge in [0.2, 0.25) is 11.8 Å². The number of nitrogens with zero attached hydrogens (tertiary/aromatic N) is 5. The molecule has 432 valence electrons. The number of rotatable bonds is 22. The van der Waals surface area contributed by atoms with Crippen molar-refractivity contribution in [3.8, 4) is 23.0 Å². The van der Waals surface area contributed by atoms with Crippen molar-refractivity contribution in [1.29, 1.82) is 0 Å². The average Bonchev–Trinajstić information content (AvgIpc) is 4.27. The number of benzene rings is 5. The summed E-state index contributed by atoms with van der Waals surface area (Å²) in [7, 11) is 1.60. The van der Waals surface area contributed by atoms with Crippen molar-refractivity contribution in [2.75, 3.05) is 26.9 Å². The smallest absolute Gasteiger partial charge is 0.496 e. The van der Waals surface area contributed by atoms with Crippen LogP contribution in [0.5, 0.6) is 23.0 Å². The quantitative estimate of drug-likeness (QED) is 0.0166. The zero-order valence-electron chi connectivity index (χ0n) is 44.6. The van der Waals surface area contributed by atoms with E-state index in [1.807, 2.05) is 54.3 Å². The summed E-state index contributed by atoms with van der Waals surface area (Å²) in [6.07, 6.45) is 2.54. The van der Waals surface area contributed by atoms with Gasteiger partial charge < -0.3 is 38.4 Å². The first-order valence-electron chi connectivity index (χ1n) is 26.8. The van der Waals surface area contributed by atoms with Gasteiger partial charge in [-0.2, -0.15) is 0 Å². The van der Waals surface area contributed by atoms with Crippen LogP contribution in [0.4, 0.5) is 18.4 Å². The fourth-order valence-electron chi connectivity index (χ4n) is 11.5. The number of carbonyl (C=O) groups excluding carboxylic acids is 4. The fourth-order valence-corrected chi connectivity index (χ4v) is 11.7. The lowest BCUT2D eigenvalue weighted by atomic mass is 9.65. The van der Waals surface area contributed by atoms with E-state index < -0.39 is 75.6 Å². The highest BCUT2D eigenvalue weighted by Gasteiger charge is 2.56. The maximum Gasteiger partial charge on any atom is 0.513 e. The summed E-state index contributed by atoms with van der Waals surface area (Å²) < 4.78 is 56.7. The summed E-state index contributed by atoms with van der Waals surface area (Å²) in [6, 6.07) is 26.1. The molecule has 1 aliphatic carbocycles. The van der Waals surface area contributed by atoms with Gasteiger partial charge in [0.25, 0.3) is 0 Å². The molecule has 6 unspecified atom stereocenters. The van der Waals surface area contributed by atoms with Crippen molar-refractivity contribution in [1.82, 2.24) is 25.5 Å². The van der Waals surface area contributed by atoms with Crippen LogP contribution in [0, 0.1) is 30.4 Å². The molecule has 3 aliphatic heterocycles. The monoisotopic (exact) mass is 1140 g/mol. The standard InChI is InChI=1S/C58H64ClF2N5O15/c1-35-25-37(15-22-51(35)75-2)31-63(42-18-19-42)56(68)52-47(40-16-13-36(14-17-40)9-6-24-76-54-49(61)21-20-48(60)53(54)59)30-44-28-41(29-50(52)64(44)57(69)80-45-11-3-7-38(26-45)32-78-65(71)72)55(67)62-23-5-10-43(62)34-77-58(70)81-46-12-4-8-39(27-46)33-79-66(73)74/h3-4,7-8,11-17,20-22,25-27,41-44,47,50,52,71-74H,5-6,9-10,18-19,23-24,28-34H2,1-2H3. The zero-order valence-corrected chi connectivity index (χ0v) is 45.4. The van der Waals surface area contributed by atoms with E-state index >= 15 is 9.59 Å². The van der Waals surface area contributed by atoms with E-state index in [9.17, 15) is 28.8 Å². The third kappa shape index (κ3) is 14.7. The first-order chi connectivity index (χ1) is 39.0. The van der Waals surface area contributed by atoms with E-state index in [4.69, 9.17) is 50.5 Å². The van der Waals surface area contributed by atoms with Crippen LogP contribution in [0.2, 0.25) is 5.02 Å². The lowest BCUT2D eigenvalue weighted by molar-refractivity contribution is -0.497. The zero-order chi connectivity index (χ0) is 57.3. The predicted molar refractivity (Wildman–Crippen MR) is 282 cm³/mol. The van der Waals surface area contributed by atoms with Crippen molar-refractivity contribution in [3.63, 3.8) is 0 Å². The Bertz CT molecular complexity index is 3030. The van der Waals surface area contributed by atoms with Crippen molar-refractivity contribution in [2.24, 2.45) is 11.8 Å². The van der Waals surface area contributed by atoms with Gasteiger partial charge in [-0.3, -0.25) is 30.4 Å². The van der Waals surface area contributed by atoms with Gasteiger partial charge >= 0.3 is 12.2 Å². The molecule has 4 aliphatic rings. The third-order valence-electron chi connectivity index (χ3n) is 15.4. The SMILES string of the molecule is COc1ccc(CN(C(=O)C2C(c3ccc(CCCOc4c(F)ccc(F)c4Cl)cc3)CC3CC(C(=O)N4CCCC4COC(=O)Oc4cccc(CON(O)O)c4)CC2N3C(=O)Oc2cccc(CON(O)O)c2)C2CC2)cc1C. The normalized spacial score (nSPS) is 20.5. The molecule has 1 saturated carbocycles. The molecule has 5 aromatic rings. The Morgan fingerprint density at radius 1 is 0.753 bits per heavy atom. The highest BCUT2D eigenvalue weighted by Crippen LogP contribution is 2.50. The van der Waals surface area contributed by atoms with Crippen molar-refractivity contribution in [3.05, 3.63) is 153 Å². The van der Waals surface area contributed by atoms with E-state index in [-0.39, 0.29) is 87.3 Å². The lowest BCUT2D eigenvalue weighted by Crippen LogP contribution is -2.64. The van der Waals surface area contributed by atoms with Crippen LogP contribution >= 0.6 is 11.6 Å². The Morgan fingerprint density at radius 2 is 1.42 bits per heavy atom. The summed E-state index contributed by atoms with van der Waals surface area (Å²) in [5.74, 6) is -3.31. The molecule has 4 N–H and O–H groups in total. The predicted octanol–water partition coefficient (Wildman–Crippen LogP) is 10.1. The Balaban J connectivity index is 0.996. The molecule has 3 heterocycles. The van der Waals surface area contributed by atoms with E-state index in [1.54, 1.807) is 47.2 Å². The van der Waals surface area contributed by atoms with Crippen molar-refractivity contribution >= 4 is 35.7 Å². The van der Waals surface area contributed by atoms with Gasteiger partial charge in [0.15, 0.2) is 11.6 Å². The minimum atomic E-state index is -1.01. The number of piperidine rings is 2. The van der Waals surface area contributed by atoms with Gasteiger partial charge in [-0.05, 0) is 146 Å². The number of hydrogen-bond donors (Lipinski definition) is 4. The second-order valence-corrected chi connectivity index (χ2v) is 21.1. The van der Waals surface area contributed by atoms with Gasteiger partial charge in [0, 0.05) is 37.1 Å². The van der Waals surface area contributed by atoms with Crippen LogP contribution < -0.4 is 18.9 Å². The van der Waals surface area contributed by atoms with Gasteiger partial charge in [0.05, 0.1) is 49.7 Å². The maximum absolute atomic E-state index is 16.0. The van der Waals surface area contributed by atoms with E-state index in [2.05, 4.69) is 4.84 Å². The van der Waals surface area contributed by atoms with Crippen LogP contribution in [-0.4, -0.2) is 121 Å². The van der Waals surface area contributed by atoms with E-state index in [0.29, 0.717) is 49.1 Å². The third-order valence-corrected chi connectivity index (χ3v) is 15.7. The maximum atomic E-state index is 16.0. The molecule has 81 heavy (non-hydrogen) atoms. The second kappa shape index (κ2) is 26.7. The number of carbonyl (C=O) groups is 4. The molecule has 3 saturated heterocycles. The molecule has 2 bridgehead atoms. The van der Waals surface area contributed by atoms with Crippen molar-refractivity contribution in [2.45, 2.75) is 115 Å². The molecule has 6 atom stereocenters. The number of halogens is 3. The molecule has 9 rings (SSSR count). The van der Waals surface area contributed by atoms with Crippen LogP contribution in [-0.2, 0) is 50.2 Å². The largest absolute Gasteiger partial charge is 0.513 e. The molecule has 0 aromatic heterocycles. The first kappa shape index (κ1) is 58.7. The Labute approximate surface area is 471 Å². The highest BCUT2D eigenvalue weighted by atomic mass is 35.5. The highest BCUT2D eigenvalue weighted by molar-refractivity contribution is 6.32. The number of aryl methyl sites for hydroxylation is 2. The second-order valence-electron chi connectivity index (χ2n) is 20.7. The first-order valence-corrected chi connectivity index (χ1v) is 27.1. The van der Waals surface area contributed by atoms with E-state index in [0.717, 1.165) is 47.2 Å². The summed E-state index contributed by atoms with van der Waals surface area (Å²) in [5, 5.41) is 35.0. The summed E-state index contributed by atoms with van der Waals surface area (Å²) >= 11 is 5.99. The van der Waals surface area contributed by atoms with Crippen LogP contribution in [0.3, 0.4) is 0 Å². The van der Waals surface area contributed by atoms with Gasteiger partial charge in [-0.25, -0.2) is 28.0 Å². The average molecular weight is 1140 g/mol. The van der Waals surface area contributed by atoms with Gasteiger partial charge in [0.1, 0.15) is 34.7 Å². The molecule has 0 spiro atoms. The minimum Gasteiger partial charge on any atom is -0.496 e. The number of amides is 3. The molecule has 3 amide bonds. The molecular weight excluding hydrogens is 1080 g/mol. The van der Waals surface area contributed by atoms with Gasteiger partial charge in [-0.15, -0.1) is 0 Å². The number of hydrogen-bond acceptors (Lipinski definition) is 17. The number of methoxy groups -OCH3 is 1. The van der Waals surface area contributed by atoms with Crippen LogP contribution in [0.1, 0.15) is 90.7 Å². The fraction of sp³-hybridized carbons (Fsp3) is 0.414. The van der Waals surface area contributed by atoms with Gasteiger partial charge in [-0.1, -0.05) is 72.3 Å². The molecule has 4 fully saturated rings. The number of likely N-dealkylation sites (tertiary alicyclic amines) is 1. The summed E-state index contributed by atoms with van der Waals surface area (Å²) in [6.45, 7) is 2.01. The number of ether oxygens (including phenoxy) is 5. The topological polar surface area (TPSA) is 230 Å². The molecule has 23 heteroatoms. The molecule has 5 aromatic carbocycles. The Hall–Kier alpha value is -6.99. The summed E-state index contributed by atoms with van der Waals surface area (Å²) in [4.78, 5) is 73.7. The Morgan fingerprint density at radius 3 is 2.07 bits per heavy atom. The summed E-state index contributed by atoms with van der Waals surface area (Å²) in [5.41, 5.74) is 4.49. The number of fused-ring (bicyclic) bond motifs is 2. The minimum absolute atomic E-state index is 0.0614. The lowest BCUT2D eigenvalue weighted by Gasteiger charge is -2.54. The molecular formula is C58H64ClF2N5O15.